The quantitative estimate of drug-likeness (QED) is 0.597. The minimum Gasteiger partial charge on any atom is -0.358 e. The van der Waals surface area contributed by atoms with Gasteiger partial charge in [0.15, 0.2) is 5.52 Å². The van der Waals surface area contributed by atoms with E-state index in [9.17, 15) is 10.1 Å². The topological polar surface area (TPSA) is 73.8 Å². The molecule has 0 spiro atoms. The molecule has 0 unspecified atom stereocenters. The molecule has 0 radical (unpaired) electrons. The fourth-order valence-electron chi connectivity index (χ4n) is 1.43. The average Bonchev–Trinajstić information content (AvgIpc) is 2.61. The molecule has 0 atom stereocenters. The van der Waals surface area contributed by atoms with Crippen LogP contribution in [-0.2, 0) is 0 Å². The summed E-state index contributed by atoms with van der Waals surface area (Å²) in [6.45, 7) is 3.88. The van der Waals surface area contributed by atoms with Gasteiger partial charge in [-0.25, -0.2) is 4.98 Å². The van der Waals surface area contributed by atoms with Crippen LogP contribution in [-0.4, -0.2) is 19.5 Å². The SMILES string of the molecule is CC(C)n1cnc2c(Cl)cc([N+](=O)[O-])nc21. The number of hydrogen-bond donors (Lipinski definition) is 0. The number of imidazole rings is 1. The van der Waals surface area contributed by atoms with Crippen molar-refractivity contribution in [2.45, 2.75) is 19.9 Å². The predicted octanol–water partition coefficient (Wildman–Crippen LogP) is 2.57. The Morgan fingerprint density at radius 3 is 2.81 bits per heavy atom. The van der Waals surface area contributed by atoms with Gasteiger partial charge in [0.2, 0.25) is 0 Å². The van der Waals surface area contributed by atoms with Gasteiger partial charge < -0.3 is 10.1 Å². The lowest BCUT2D eigenvalue weighted by Gasteiger charge is -2.04. The number of nitrogens with zero attached hydrogens (tertiary/aromatic N) is 4. The van der Waals surface area contributed by atoms with Gasteiger partial charge in [-0.15, -0.1) is 0 Å². The zero-order valence-corrected chi connectivity index (χ0v) is 9.47. The van der Waals surface area contributed by atoms with Gasteiger partial charge >= 0.3 is 5.82 Å². The van der Waals surface area contributed by atoms with E-state index in [4.69, 9.17) is 11.6 Å². The van der Waals surface area contributed by atoms with E-state index in [1.165, 1.54) is 6.07 Å². The van der Waals surface area contributed by atoms with E-state index < -0.39 is 4.92 Å². The summed E-state index contributed by atoms with van der Waals surface area (Å²) < 4.78 is 1.74. The maximum absolute atomic E-state index is 10.7. The minimum atomic E-state index is -0.566. The summed E-state index contributed by atoms with van der Waals surface area (Å²) >= 11 is 5.90. The van der Waals surface area contributed by atoms with Gasteiger partial charge in [-0.3, -0.25) is 4.57 Å². The predicted molar refractivity (Wildman–Crippen MR) is 59.6 cm³/mol. The highest BCUT2D eigenvalue weighted by molar-refractivity contribution is 6.34. The molecule has 0 saturated heterocycles. The number of nitro groups is 1. The van der Waals surface area contributed by atoms with Crippen LogP contribution in [0.1, 0.15) is 19.9 Å². The van der Waals surface area contributed by atoms with Crippen molar-refractivity contribution in [2.24, 2.45) is 0 Å². The van der Waals surface area contributed by atoms with Crippen molar-refractivity contribution in [2.75, 3.05) is 0 Å². The molecule has 2 aromatic heterocycles. The van der Waals surface area contributed by atoms with Crippen LogP contribution in [0.2, 0.25) is 5.02 Å². The van der Waals surface area contributed by atoms with Crippen LogP contribution in [0.3, 0.4) is 0 Å². The fourth-order valence-corrected chi connectivity index (χ4v) is 1.66. The van der Waals surface area contributed by atoms with Crippen LogP contribution in [0.4, 0.5) is 5.82 Å². The van der Waals surface area contributed by atoms with E-state index in [2.05, 4.69) is 9.97 Å². The average molecular weight is 241 g/mol. The van der Waals surface area contributed by atoms with Gasteiger partial charge in [0, 0.05) is 6.04 Å². The second kappa shape index (κ2) is 3.71. The summed E-state index contributed by atoms with van der Waals surface area (Å²) in [6.07, 6.45) is 1.58. The van der Waals surface area contributed by atoms with E-state index >= 15 is 0 Å². The zero-order chi connectivity index (χ0) is 11.9. The maximum atomic E-state index is 10.7. The van der Waals surface area contributed by atoms with Crippen molar-refractivity contribution >= 4 is 28.6 Å². The molecule has 16 heavy (non-hydrogen) atoms. The maximum Gasteiger partial charge on any atom is 0.367 e. The molecule has 0 aliphatic rings. The molecule has 6 nitrogen and oxygen atoms in total. The number of aromatic nitrogens is 3. The Balaban J connectivity index is 2.76. The third kappa shape index (κ3) is 1.61. The fraction of sp³-hybridized carbons (Fsp3) is 0.333. The second-order valence-electron chi connectivity index (χ2n) is 3.64. The van der Waals surface area contributed by atoms with Gasteiger partial charge in [-0.05, 0) is 23.8 Å². The number of halogens is 1. The first-order valence-electron chi connectivity index (χ1n) is 4.68. The first-order chi connectivity index (χ1) is 7.50. The smallest absolute Gasteiger partial charge is 0.358 e. The van der Waals surface area contributed by atoms with E-state index in [1.54, 1.807) is 10.9 Å². The molecule has 0 aliphatic heterocycles. The summed E-state index contributed by atoms with van der Waals surface area (Å²) in [7, 11) is 0. The molecule has 0 aromatic carbocycles. The molecule has 2 heterocycles. The molecule has 2 aromatic rings. The normalized spacial score (nSPS) is 11.2. The van der Waals surface area contributed by atoms with Crippen LogP contribution in [0.25, 0.3) is 11.2 Å². The van der Waals surface area contributed by atoms with E-state index in [0.29, 0.717) is 11.2 Å². The summed E-state index contributed by atoms with van der Waals surface area (Å²) in [4.78, 5) is 18.1. The highest BCUT2D eigenvalue weighted by Gasteiger charge is 2.19. The largest absolute Gasteiger partial charge is 0.367 e. The Kier molecular flexibility index (Phi) is 2.51. The Morgan fingerprint density at radius 1 is 1.56 bits per heavy atom. The van der Waals surface area contributed by atoms with Crippen LogP contribution in [0.15, 0.2) is 12.4 Å². The standard InChI is InChI=1S/C9H9ClN4O2/c1-5(2)13-4-11-8-6(10)3-7(14(15)16)12-9(8)13/h3-5H,1-2H3. The highest BCUT2D eigenvalue weighted by atomic mass is 35.5. The number of pyridine rings is 1. The van der Waals surface area contributed by atoms with E-state index in [1.807, 2.05) is 13.8 Å². The van der Waals surface area contributed by atoms with Crippen LogP contribution < -0.4 is 0 Å². The third-order valence-electron chi connectivity index (χ3n) is 2.21. The molecule has 0 aliphatic carbocycles. The monoisotopic (exact) mass is 240 g/mol. The van der Waals surface area contributed by atoms with Gasteiger partial charge in [-0.2, -0.15) is 0 Å². The molecule has 84 valence electrons. The van der Waals surface area contributed by atoms with Crippen LogP contribution >= 0.6 is 11.6 Å². The number of fused-ring (bicyclic) bond motifs is 1. The van der Waals surface area contributed by atoms with Crippen molar-refractivity contribution in [3.05, 3.63) is 27.5 Å². The van der Waals surface area contributed by atoms with Crippen molar-refractivity contribution in [1.29, 1.82) is 0 Å². The van der Waals surface area contributed by atoms with Gasteiger partial charge in [-0.1, -0.05) is 11.6 Å². The molecule has 0 bridgehead atoms. The Hall–Kier alpha value is -1.69. The summed E-state index contributed by atoms with van der Waals surface area (Å²) in [5.74, 6) is -0.264. The van der Waals surface area contributed by atoms with E-state index in [-0.39, 0.29) is 16.9 Å². The lowest BCUT2D eigenvalue weighted by molar-refractivity contribution is -0.389. The zero-order valence-electron chi connectivity index (χ0n) is 8.72. The Labute approximate surface area is 96.0 Å². The summed E-state index contributed by atoms with van der Waals surface area (Å²) in [5, 5.41) is 10.9. The van der Waals surface area contributed by atoms with Gasteiger partial charge in [0.1, 0.15) is 0 Å². The first-order valence-corrected chi connectivity index (χ1v) is 5.06. The highest BCUT2D eigenvalue weighted by Crippen LogP contribution is 2.26. The van der Waals surface area contributed by atoms with Gasteiger partial charge in [0.05, 0.1) is 17.4 Å². The summed E-state index contributed by atoms with van der Waals surface area (Å²) in [5.41, 5.74) is 0.926. The Morgan fingerprint density at radius 2 is 2.25 bits per heavy atom. The lowest BCUT2D eigenvalue weighted by atomic mass is 10.3. The first kappa shape index (κ1) is 10.8. The molecular weight excluding hydrogens is 232 g/mol. The molecule has 0 N–H and O–H groups in total. The van der Waals surface area contributed by atoms with Crippen molar-refractivity contribution in [1.82, 2.24) is 14.5 Å². The summed E-state index contributed by atoms with van der Waals surface area (Å²) in [6, 6.07) is 1.33. The molecule has 0 saturated carbocycles. The number of hydrogen-bond acceptors (Lipinski definition) is 4. The molecule has 0 fully saturated rings. The lowest BCUT2D eigenvalue weighted by Crippen LogP contribution is -2.01. The Bertz CT molecular complexity index is 564. The molecular formula is C9H9ClN4O2. The minimum absolute atomic E-state index is 0.121. The van der Waals surface area contributed by atoms with Crippen LogP contribution in [0.5, 0.6) is 0 Å². The molecule has 7 heteroatoms. The molecule has 2 rings (SSSR count). The van der Waals surface area contributed by atoms with Crippen molar-refractivity contribution in [3.8, 4) is 0 Å². The van der Waals surface area contributed by atoms with Crippen LogP contribution in [0, 0.1) is 10.1 Å². The second-order valence-corrected chi connectivity index (χ2v) is 4.04. The van der Waals surface area contributed by atoms with Crippen molar-refractivity contribution < 1.29 is 4.92 Å². The van der Waals surface area contributed by atoms with E-state index in [0.717, 1.165) is 0 Å². The third-order valence-corrected chi connectivity index (χ3v) is 2.50. The van der Waals surface area contributed by atoms with Gasteiger partial charge in [0.25, 0.3) is 5.65 Å². The molecule has 0 amide bonds. The van der Waals surface area contributed by atoms with Crippen molar-refractivity contribution in [3.63, 3.8) is 0 Å². The number of rotatable bonds is 2.